The van der Waals surface area contributed by atoms with E-state index < -0.39 is 97.5 Å². The molecule has 0 saturated heterocycles. The van der Waals surface area contributed by atoms with Gasteiger partial charge in [-0.25, -0.2) is 9.13 Å². The summed E-state index contributed by atoms with van der Waals surface area (Å²) < 4.78 is 68.3. The van der Waals surface area contributed by atoms with Crippen molar-refractivity contribution in [3.8, 4) is 0 Å². The van der Waals surface area contributed by atoms with Crippen LogP contribution in [0, 0.1) is 11.8 Å². The second-order valence-corrected chi connectivity index (χ2v) is 29.6. The van der Waals surface area contributed by atoms with E-state index in [1.807, 2.05) is 0 Å². The van der Waals surface area contributed by atoms with Crippen molar-refractivity contribution < 1.29 is 80.2 Å². The number of esters is 4. The molecule has 0 spiro atoms. The monoisotopic (exact) mass is 1360 g/mol. The molecule has 0 rings (SSSR count). The van der Waals surface area contributed by atoms with Crippen LogP contribution in [-0.4, -0.2) is 96.7 Å². The molecule has 0 aromatic carbocycles. The van der Waals surface area contributed by atoms with Crippen molar-refractivity contribution in [1.29, 1.82) is 0 Å². The molecule has 0 aliphatic rings. The minimum Gasteiger partial charge on any atom is -0.462 e. The standard InChI is InChI=1S/C74H140O17P2/c1-7-10-12-14-16-17-18-19-20-24-27-33-39-45-51-57-72(77)85-63-70(91-73(78)58-52-46-40-34-28-25-22-21-23-26-32-38-43-49-55-67(6)9-3)65-89-93(82,83)87-61-68(75)60-86-92(80,81)88-64-69(62-84-71(76)56-50-44-36-15-13-11-8-2)90-74(79)59-53-47-41-35-30-29-31-37-42-48-54-66(4)5/h17-20,66-70,75H,7-16,21-65H2,1-6H3,(H,80,81)(H,82,83)/b18-17-,20-19-/t67?,68-,69+,70+/m0/s1. The van der Waals surface area contributed by atoms with E-state index in [0.29, 0.717) is 25.7 Å². The predicted octanol–water partition coefficient (Wildman–Crippen LogP) is 21.1. The number of phosphoric ester groups is 2. The number of hydrogen-bond donors (Lipinski definition) is 3. The van der Waals surface area contributed by atoms with Crippen LogP contribution in [0.25, 0.3) is 0 Å². The highest BCUT2D eigenvalue weighted by atomic mass is 31.2. The van der Waals surface area contributed by atoms with E-state index in [9.17, 15) is 43.2 Å². The molecular weight excluding hydrogens is 1220 g/mol. The number of unbranched alkanes of at least 4 members (excludes halogenated alkanes) is 37. The molecule has 0 heterocycles. The van der Waals surface area contributed by atoms with Gasteiger partial charge in [-0.05, 0) is 63.2 Å². The number of hydrogen-bond acceptors (Lipinski definition) is 15. The summed E-state index contributed by atoms with van der Waals surface area (Å²) in [4.78, 5) is 72.6. The molecule has 0 bridgehead atoms. The Morgan fingerprint density at radius 1 is 0.355 bits per heavy atom. The molecule has 0 saturated carbocycles. The van der Waals surface area contributed by atoms with Gasteiger partial charge in [-0.15, -0.1) is 0 Å². The van der Waals surface area contributed by atoms with Gasteiger partial charge < -0.3 is 33.8 Å². The van der Waals surface area contributed by atoms with Crippen LogP contribution >= 0.6 is 15.6 Å². The molecule has 0 amide bonds. The van der Waals surface area contributed by atoms with E-state index in [2.05, 4.69) is 65.8 Å². The quantitative estimate of drug-likeness (QED) is 0.0169. The highest BCUT2D eigenvalue weighted by molar-refractivity contribution is 7.47. The van der Waals surface area contributed by atoms with Crippen LogP contribution in [0.15, 0.2) is 24.3 Å². The largest absolute Gasteiger partial charge is 0.472 e. The van der Waals surface area contributed by atoms with Crippen LogP contribution in [0.3, 0.4) is 0 Å². The lowest BCUT2D eigenvalue weighted by molar-refractivity contribution is -0.161. The Hall–Kier alpha value is -2.46. The molecule has 0 fully saturated rings. The fourth-order valence-corrected chi connectivity index (χ4v) is 12.3. The average Bonchev–Trinajstić information content (AvgIpc) is 1.81. The van der Waals surface area contributed by atoms with Gasteiger partial charge in [0.2, 0.25) is 0 Å². The molecule has 3 unspecified atom stereocenters. The molecule has 93 heavy (non-hydrogen) atoms. The number of carbonyl (C=O) groups is 4. The third-order valence-electron chi connectivity index (χ3n) is 16.9. The maximum atomic E-state index is 13.1. The van der Waals surface area contributed by atoms with E-state index in [1.54, 1.807) is 0 Å². The molecular formula is C74H140O17P2. The smallest absolute Gasteiger partial charge is 0.462 e. The molecule has 0 aromatic heterocycles. The van der Waals surface area contributed by atoms with Crippen molar-refractivity contribution in [2.75, 3.05) is 39.6 Å². The Balaban J connectivity index is 5.24. The summed E-state index contributed by atoms with van der Waals surface area (Å²) in [5.74, 6) is -0.559. The summed E-state index contributed by atoms with van der Waals surface area (Å²) in [6.45, 7) is 9.51. The Morgan fingerprint density at radius 3 is 0.968 bits per heavy atom. The minimum atomic E-state index is -4.96. The third-order valence-corrected chi connectivity index (χ3v) is 18.8. The summed E-state index contributed by atoms with van der Waals surface area (Å²) >= 11 is 0. The van der Waals surface area contributed by atoms with Crippen LogP contribution in [-0.2, 0) is 65.4 Å². The highest BCUT2D eigenvalue weighted by Crippen LogP contribution is 2.45. The zero-order valence-corrected chi connectivity index (χ0v) is 61.8. The normalized spacial score (nSPS) is 14.5. The molecule has 0 radical (unpaired) electrons. The van der Waals surface area contributed by atoms with E-state index >= 15 is 0 Å². The van der Waals surface area contributed by atoms with Crippen molar-refractivity contribution in [2.45, 2.75) is 374 Å². The summed E-state index contributed by atoms with van der Waals surface area (Å²) in [6.07, 6.45) is 55.0. The maximum absolute atomic E-state index is 13.1. The van der Waals surface area contributed by atoms with Crippen LogP contribution in [0.4, 0.5) is 0 Å². The first-order chi connectivity index (χ1) is 44.9. The molecule has 17 nitrogen and oxygen atoms in total. The van der Waals surface area contributed by atoms with Crippen molar-refractivity contribution in [3.05, 3.63) is 24.3 Å². The first-order valence-electron chi connectivity index (χ1n) is 37.8. The van der Waals surface area contributed by atoms with Crippen LogP contribution in [0.1, 0.15) is 356 Å². The zero-order chi connectivity index (χ0) is 68.6. The van der Waals surface area contributed by atoms with E-state index in [0.717, 1.165) is 134 Å². The number of aliphatic hydroxyl groups excluding tert-OH is 1. The molecule has 0 aliphatic carbocycles. The first kappa shape index (κ1) is 90.5. The molecule has 6 atom stereocenters. The SMILES string of the molecule is CCCCCC/C=C\C=C/CCCCCCCC(=O)OC[C@H](COP(=O)(O)OC[C@@H](O)COP(=O)(O)OC[C@@H](COC(=O)CCCCCCCCC)OC(=O)CCCCCCCCCCCCC(C)C)OC(=O)CCCCCCCCCCCCCCCCC(C)CC. The predicted molar refractivity (Wildman–Crippen MR) is 377 cm³/mol. The van der Waals surface area contributed by atoms with Gasteiger partial charge in [0.1, 0.15) is 19.3 Å². The van der Waals surface area contributed by atoms with Gasteiger partial charge in [-0.2, -0.15) is 0 Å². The fourth-order valence-electron chi connectivity index (χ4n) is 10.7. The van der Waals surface area contributed by atoms with Gasteiger partial charge in [-0.3, -0.25) is 37.3 Å². The fraction of sp³-hybridized carbons (Fsp3) is 0.892. The van der Waals surface area contributed by atoms with Gasteiger partial charge in [0.05, 0.1) is 26.4 Å². The Labute approximate surface area is 567 Å². The minimum absolute atomic E-state index is 0.101. The Kier molecular flexibility index (Phi) is 63.7. The van der Waals surface area contributed by atoms with Crippen molar-refractivity contribution >= 4 is 39.5 Å². The maximum Gasteiger partial charge on any atom is 0.472 e. The molecule has 0 aromatic rings. The van der Waals surface area contributed by atoms with Gasteiger partial charge in [-0.1, -0.05) is 303 Å². The highest BCUT2D eigenvalue weighted by Gasteiger charge is 2.30. The Bertz CT molecular complexity index is 1900. The number of phosphoric acid groups is 2. The topological polar surface area (TPSA) is 237 Å². The average molecular weight is 1360 g/mol. The Morgan fingerprint density at radius 2 is 0.634 bits per heavy atom. The molecule has 19 heteroatoms. The molecule has 548 valence electrons. The van der Waals surface area contributed by atoms with Crippen molar-refractivity contribution in [1.82, 2.24) is 0 Å². The van der Waals surface area contributed by atoms with E-state index in [4.69, 9.17) is 37.0 Å². The van der Waals surface area contributed by atoms with Crippen molar-refractivity contribution in [2.24, 2.45) is 11.8 Å². The van der Waals surface area contributed by atoms with Gasteiger partial charge in [0, 0.05) is 25.7 Å². The lowest BCUT2D eigenvalue weighted by atomic mass is 9.99. The number of allylic oxidation sites excluding steroid dienone is 4. The summed E-state index contributed by atoms with van der Waals surface area (Å²) in [5, 5.41) is 10.6. The van der Waals surface area contributed by atoms with Crippen LogP contribution < -0.4 is 0 Å². The van der Waals surface area contributed by atoms with Crippen LogP contribution in [0.5, 0.6) is 0 Å². The molecule has 3 N–H and O–H groups in total. The lowest BCUT2D eigenvalue weighted by Crippen LogP contribution is -2.30. The number of ether oxygens (including phenoxy) is 4. The van der Waals surface area contributed by atoms with Crippen LogP contribution in [0.2, 0.25) is 0 Å². The second kappa shape index (κ2) is 65.5. The number of rotatable bonds is 71. The molecule has 0 aliphatic heterocycles. The van der Waals surface area contributed by atoms with Gasteiger partial charge in [0.25, 0.3) is 0 Å². The lowest BCUT2D eigenvalue weighted by Gasteiger charge is -2.21. The van der Waals surface area contributed by atoms with Gasteiger partial charge in [0.15, 0.2) is 12.2 Å². The number of carbonyl (C=O) groups excluding carboxylic acids is 4. The van der Waals surface area contributed by atoms with Gasteiger partial charge >= 0.3 is 39.5 Å². The van der Waals surface area contributed by atoms with E-state index in [-0.39, 0.29) is 25.7 Å². The summed E-state index contributed by atoms with van der Waals surface area (Å²) in [7, 11) is -9.91. The summed E-state index contributed by atoms with van der Waals surface area (Å²) in [5.41, 5.74) is 0. The summed E-state index contributed by atoms with van der Waals surface area (Å²) in [6, 6.07) is 0. The van der Waals surface area contributed by atoms with Crippen molar-refractivity contribution in [3.63, 3.8) is 0 Å². The second-order valence-electron chi connectivity index (χ2n) is 26.7. The number of aliphatic hydroxyl groups is 1. The zero-order valence-electron chi connectivity index (χ0n) is 60.0. The first-order valence-corrected chi connectivity index (χ1v) is 40.8. The third kappa shape index (κ3) is 66.6. The van der Waals surface area contributed by atoms with E-state index in [1.165, 1.54) is 141 Å².